The minimum absolute atomic E-state index is 0.0165. The van der Waals surface area contributed by atoms with Crippen LogP contribution < -0.4 is 0 Å². The number of hydrogen-bond donors (Lipinski definition) is 0. The van der Waals surface area contributed by atoms with E-state index in [4.69, 9.17) is 0 Å². The SMILES string of the molecule is Cn1ccnc1CN1C[C@H]2C[C@@H](C1)[C@H](C(=O)N1CCC(F)(F)C1)N1C(=O)CCC[C@@H]21. The Bertz CT molecular complexity index is 843. The highest BCUT2D eigenvalue weighted by atomic mass is 19.3. The highest BCUT2D eigenvalue weighted by Gasteiger charge is 2.54. The van der Waals surface area contributed by atoms with E-state index in [2.05, 4.69) is 9.88 Å². The third-order valence-electron chi connectivity index (χ3n) is 7.44. The zero-order valence-electron chi connectivity index (χ0n) is 17.3. The Balaban J connectivity index is 1.41. The number of piperidine rings is 3. The number of likely N-dealkylation sites (tertiary alicyclic amines) is 2. The first-order valence-electron chi connectivity index (χ1n) is 11.0. The molecule has 30 heavy (non-hydrogen) atoms. The van der Waals surface area contributed by atoms with Crippen LogP contribution in [-0.2, 0) is 23.2 Å². The number of amides is 2. The Morgan fingerprint density at radius 3 is 2.80 bits per heavy atom. The number of hydrogen-bond acceptors (Lipinski definition) is 4. The summed E-state index contributed by atoms with van der Waals surface area (Å²) in [7, 11) is 1.97. The van der Waals surface area contributed by atoms with Gasteiger partial charge in [0.2, 0.25) is 11.8 Å². The molecule has 5 rings (SSSR count). The zero-order valence-corrected chi connectivity index (χ0v) is 17.3. The number of aryl methyl sites for hydroxylation is 1. The molecule has 0 saturated carbocycles. The fourth-order valence-corrected chi connectivity index (χ4v) is 6.06. The number of carbonyl (C=O) groups excluding carboxylic acids is 2. The summed E-state index contributed by atoms with van der Waals surface area (Å²) in [5.41, 5.74) is 0. The van der Waals surface area contributed by atoms with E-state index in [1.165, 1.54) is 4.90 Å². The summed E-state index contributed by atoms with van der Waals surface area (Å²) in [5.74, 6) is -1.83. The van der Waals surface area contributed by atoms with Crippen molar-refractivity contribution in [3.63, 3.8) is 0 Å². The molecule has 0 N–H and O–H groups in total. The summed E-state index contributed by atoms with van der Waals surface area (Å²) in [6.45, 7) is 1.80. The molecule has 9 heteroatoms. The lowest BCUT2D eigenvalue weighted by molar-refractivity contribution is -0.165. The molecule has 0 radical (unpaired) electrons. The van der Waals surface area contributed by atoms with Crippen molar-refractivity contribution in [2.75, 3.05) is 26.2 Å². The quantitative estimate of drug-likeness (QED) is 0.742. The van der Waals surface area contributed by atoms with Crippen LogP contribution in [0.25, 0.3) is 0 Å². The van der Waals surface area contributed by atoms with Crippen molar-refractivity contribution in [2.24, 2.45) is 18.9 Å². The van der Waals surface area contributed by atoms with Crippen LogP contribution >= 0.6 is 0 Å². The van der Waals surface area contributed by atoms with Crippen LogP contribution in [-0.4, -0.2) is 80.3 Å². The van der Waals surface area contributed by atoms with Gasteiger partial charge in [-0.15, -0.1) is 0 Å². The van der Waals surface area contributed by atoms with Gasteiger partial charge < -0.3 is 14.4 Å². The summed E-state index contributed by atoms with van der Waals surface area (Å²) in [6, 6.07) is -0.583. The molecule has 5 heterocycles. The molecule has 4 atom stereocenters. The second kappa shape index (κ2) is 7.28. The molecule has 7 nitrogen and oxygen atoms in total. The van der Waals surface area contributed by atoms with Crippen molar-refractivity contribution in [3.05, 3.63) is 18.2 Å². The van der Waals surface area contributed by atoms with E-state index in [1.807, 2.05) is 17.8 Å². The molecule has 1 aromatic heterocycles. The molecule has 2 amide bonds. The topological polar surface area (TPSA) is 61.7 Å². The molecule has 2 bridgehead atoms. The fraction of sp³-hybridized carbons (Fsp3) is 0.762. The van der Waals surface area contributed by atoms with E-state index in [0.717, 1.165) is 31.6 Å². The Hall–Kier alpha value is -2.03. The van der Waals surface area contributed by atoms with Crippen molar-refractivity contribution >= 4 is 11.8 Å². The van der Waals surface area contributed by atoms with Gasteiger partial charge in [-0.05, 0) is 25.2 Å². The minimum Gasteiger partial charge on any atom is -0.337 e. The second-order valence-electron chi connectivity index (χ2n) is 9.48. The molecule has 4 aliphatic heterocycles. The lowest BCUT2D eigenvalue weighted by Crippen LogP contribution is -2.68. The first-order valence-corrected chi connectivity index (χ1v) is 11.0. The molecule has 0 aromatic carbocycles. The summed E-state index contributed by atoms with van der Waals surface area (Å²) >= 11 is 0. The number of imidazole rings is 1. The van der Waals surface area contributed by atoms with Crippen LogP contribution in [0.1, 0.15) is 37.9 Å². The van der Waals surface area contributed by atoms with Gasteiger partial charge in [0, 0.05) is 63.9 Å². The molecule has 1 aromatic rings. The van der Waals surface area contributed by atoms with Gasteiger partial charge >= 0.3 is 0 Å². The maximum Gasteiger partial charge on any atom is 0.267 e. The van der Waals surface area contributed by atoms with E-state index in [-0.39, 0.29) is 36.7 Å². The van der Waals surface area contributed by atoms with Crippen molar-refractivity contribution in [3.8, 4) is 0 Å². The van der Waals surface area contributed by atoms with E-state index < -0.39 is 18.5 Å². The van der Waals surface area contributed by atoms with Crippen LogP contribution in [0.2, 0.25) is 0 Å². The van der Waals surface area contributed by atoms with Gasteiger partial charge in [0.05, 0.1) is 13.1 Å². The minimum atomic E-state index is -2.82. The van der Waals surface area contributed by atoms with Crippen LogP contribution in [0.4, 0.5) is 8.78 Å². The molecular formula is C21H29F2N5O2. The highest BCUT2D eigenvalue weighted by molar-refractivity contribution is 5.89. The predicted octanol–water partition coefficient (Wildman–Crippen LogP) is 1.49. The predicted molar refractivity (Wildman–Crippen MR) is 104 cm³/mol. The Morgan fingerprint density at radius 2 is 2.10 bits per heavy atom. The third kappa shape index (κ3) is 3.40. The average Bonchev–Trinajstić information content (AvgIpc) is 3.27. The molecule has 4 saturated heterocycles. The first kappa shape index (κ1) is 19.9. The summed E-state index contributed by atoms with van der Waals surface area (Å²) < 4.78 is 29.6. The summed E-state index contributed by atoms with van der Waals surface area (Å²) in [5, 5.41) is 0. The van der Waals surface area contributed by atoms with Crippen LogP contribution in [0.3, 0.4) is 0 Å². The lowest BCUT2D eigenvalue weighted by Gasteiger charge is -2.56. The van der Waals surface area contributed by atoms with Crippen molar-refractivity contribution in [1.29, 1.82) is 0 Å². The van der Waals surface area contributed by atoms with Crippen LogP contribution in [0.5, 0.6) is 0 Å². The second-order valence-corrected chi connectivity index (χ2v) is 9.48. The molecule has 0 aliphatic carbocycles. The molecule has 164 valence electrons. The average molecular weight is 421 g/mol. The summed E-state index contributed by atoms with van der Waals surface area (Å²) in [6.07, 6.45) is 6.46. The molecule has 0 unspecified atom stereocenters. The van der Waals surface area contributed by atoms with Crippen LogP contribution in [0, 0.1) is 11.8 Å². The lowest BCUT2D eigenvalue weighted by atomic mass is 9.71. The Labute approximate surface area is 175 Å². The molecule has 0 spiro atoms. The van der Waals surface area contributed by atoms with Gasteiger partial charge in [-0.3, -0.25) is 14.5 Å². The maximum absolute atomic E-state index is 13.8. The molecule has 4 aliphatic rings. The zero-order chi connectivity index (χ0) is 21.0. The number of halogens is 2. The number of rotatable bonds is 3. The Morgan fingerprint density at radius 1 is 1.30 bits per heavy atom. The molecule has 4 fully saturated rings. The third-order valence-corrected chi connectivity index (χ3v) is 7.44. The first-order chi connectivity index (χ1) is 14.3. The van der Waals surface area contributed by atoms with E-state index in [0.29, 0.717) is 25.4 Å². The number of alkyl halides is 2. The van der Waals surface area contributed by atoms with Gasteiger partial charge in [0.1, 0.15) is 11.9 Å². The van der Waals surface area contributed by atoms with Gasteiger partial charge in [0.25, 0.3) is 5.92 Å². The van der Waals surface area contributed by atoms with Gasteiger partial charge in [-0.2, -0.15) is 0 Å². The number of nitrogens with zero attached hydrogens (tertiary/aromatic N) is 5. The van der Waals surface area contributed by atoms with Gasteiger partial charge in [0.15, 0.2) is 0 Å². The van der Waals surface area contributed by atoms with E-state index in [1.54, 1.807) is 11.1 Å². The van der Waals surface area contributed by atoms with Crippen molar-refractivity contribution < 1.29 is 18.4 Å². The Kier molecular flexibility index (Phi) is 4.83. The van der Waals surface area contributed by atoms with Gasteiger partial charge in [-0.1, -0.05) is 0 Å². The number of carbonyl (C=O) groups is 2. The van der Waals surface area contributed by atoms with Crippen molar-refractivity contribution in [2.45, 2.75) is 56.7 Å². The smallest absolute Gasteiger partial charge is 0.267 e. The monoisotopic (exact) mass is 421 g/mol. The normalized spacial score (nSPS) is 33.6. The highest BCUT2D eigenvalue weighted by Crippen LogP contribution is 2.43. The van der Waals surface area contributed by atoms with E-state index >= 15 is 0 Å². The van der Waals surface area contributed by atoms with Crippen molar-refractivity contribution in [1.82, 2.24) is 24.3 Å². The van der Waals surface area contributed by atoms with Crippen LogP contribution in [0.15, 0.2) is 12.4 Å². The largest absolute Gasteiger partial charge is 0.337 e. The maximum atomic E-state index is 13.8. The number of aromatic nitrogens is 2. The summed E-state index contributed by atoms with van der Waals surface area (Å²) in [4.78, 5) is 36.2. The molecular weight excluding hydrogens is 392 g/mol. The van der Waals surface area contributed by atoms with E-state index in [9.17, 15) is 18.4 Å². The standard InChI is InChI=1S/C21H29F2N5O2/c1-25-8-6-24-17(25)12-26-10-14-9-15(11-26)19(28-16(14)3-2-4-18(28)29)20(30)27-7-5-21(22,23)13-27/h6,8,14-16,19H,2-5,7,9-13H2,1H3/t14-,15+,16+,19-/m1/s1. The fourth-order valence-electron chi connectivity index (χ4n) is 6.06. The van der Waals surface area contributed by atoms with Gasteiger partial charge in [-0.25, -0.2) is 13.8 Å². The number of fused-ring (bicyclic) bond motifs is 4.